The van der Waals surface area contributed by atoms with Crippen LogP contribution in [0.5, 0.6) is 0 Å². The molecule has 1 N–H and O–H groups in total. The third kappa shape index (κ3) is 1.15. The third-order valence-electron chi connectivity index (χ3n) is 4.52. The molecule has 0 aromatic heterocycles. The molecule has 0 fully saturated rings. The predicted molar refractivity (Wildman–Crippen MR) is 72.8 cm³/mol. The van der Waals surface area contributed by atoms with E-state index in [1.807, 2.05) is 42.5 Å². The van der Waals surface area contributed by atoms with Gasteiger partial charge in [-0.15, -0.1) is 0 Å². The van der Waals surface area contributed by atoms with Crippen LogP contribution in [0.2, 0.25) is 5.02 Å². The summed E-state index contributed by atoms with van der Waals surface area (Å²) in [5, 5.41) is 10.4. The van der Waals surface area contributed by atoms with E-state index in [-0.39, 0.29) is 5.92 Å². The van der Waals surface area contributed by atoms with Crippen LogP contribution in [-0.4, -0.2) is 11.1 Å². The van der Waals surface area contributed by atoms with Crippen LogP contribution in [0.1, 0.15) is 34.6 Å². The maximum absolute atomic E-state index is 12.0. The van der Waals surface area contributed by atoms with Gasteiger partial charge in [0.15, 0.2) is 0 Å². The van der Waals surface area contributed by atoms with Gasteiger partial charge in [0, 0.05) is 10.9 Å². The fourth-order valence-electron chi connectivity index (χ4n) is 3.77. The molecule has 0 aliphatic heterocycles. The second kappa shape index (κ2) is 3.40. The van der Waals surface area contributed by atoms with E-state index in [1.54, 1.807) is 0 Å². The molecule has 0 amide bonds. The van der Waals surface area contributed by atoms with Crippen molar-refractivity contribution in [2.24, 2.45) is 0 Å². The minimum Gasteiger partial charge on any atom is -0.480 e. The molecule has 2 atom stereocenters. The van der Waals surface area contributed by atoms with Crippen LogP contribution in [0, 0.1) is 0 Å². The number of hydrogen-bond donors (Lipinski definition) is 1. The summed E-state index contributed by atoms with van der Waals surface area (Å²) in [5.74, 6) is -0.581. The summed E-state index contributed by atoms with van der Waals surface area (Å²) < 4.78 is 0. The van der Waals surface area contributed by atoms with Crippen LogP contribution in [0.4, 0.5) is 0 Å². The highest BCUT2D eigenvalue weighted by Crippen LogP contribution is 2.60. The number of carboxylic acid groups (broad SMARTS) is 1. The molecule has 94 valence electrons. The molecule has 3 heteroatoms. The Balaban J connectivity index is 2.10. The van der Waals surface area contributed by atoms with Gasteiger partial charge in [-0.2, -0.15) is 0 Å². The first kappa shape index (κ1) is 11.1. The number of carboxylic acids is 1. The Morgan fingerprint density at radius 1 is 1.16 bits per heavy atom. The van der Waals surface area contributed by atoms with E-state index in [1.165, 1.54) is 0 Å². The van der Waals surface area contributed by atoms with E-state index >= 15 is 0 Å². The van der Waals surface area contributed by atoms with Crippen LogP contribution >= 0.6 is 11.6 Å². The molecule has 2 aromatic carbocycles. The van der Waals surface area contributed by atoms with Crippen molar-refractivity contribution in [3.63, 3.8) is 0 Å². The van der Waals surface area contributed by atoms with Crippen molar-refractivity contribution < 1.29 is 9.90 Å². The van der Waals surface area contributed by atoms with Crippen LogP contribution in [0.3, 0.4) is 0 Å². The van der Waals surface area contributed by atoms with Gasteiger partial charge in [-0.25, -0.2) is 0 Å². The van der Waals surface area contributed by atoms with Gasteiger partial charge >= 0.3 is 5.97 Å². The van der Waals surface area contributed by atoms with Crippen molar-refractivity contribution in [3.05, 3.63) is 69.7 Å². The zero-order valence-corrected chi connectivity index (χ0v) is 10.8. The van der Waals surface area contributed by atoms with Gasteiger partial charge in [-0.05, 0) is 40.8 Å². The predicted octanol–water partition coefficient (Wildman–Crippen LogP) is 3.56. The molecular formula is C16H11ClO2. The Bertz CT molecular complexity index is 722. The lowest BCUT2D eigenvalue weighted by Gasteiger charge is -2.27. The van der Waals surface area contributed by atoms with E-state index in [4.69, 9.17) is 11.6 Å². The topological polar surface area (TPSA) is 37.3 Å². The average molecular weight is 271 g/mol. The highest BCUT2D eigenvalue weighted by Gasteiger charge is 2.57. The number of halogens is 1. The Labute approximate surface area is 115 Å². The molecule has 2 aliphatic rings. The van der Waals surface area contributed by atoms with Gasteiger partial charge in [0.25, 0.3) is 0 Å². The number of fused-ring (bicyclic) bond motifs is 8. The summed E-state index contributed by atoms with van der Waals surface area (Å²) in [6.07, 6.45) is 0.622. The van der Waals surface area contributed by atoms with Gasteiger partial charge < -0.3 is 5.11 Å². The lowest BCUT2D eigenvalue weighted by atomic mass is 9.75. The zero-order chi connectivity index (χ0) is 13.2. The van der Waals surface area contributed by atoms with Crippen molar-refractivity contribution in [2.45, 2.75) is 17.8 Å². The van der Waals surface area contributed by atoms with Gasteiger partial charge in [0.05, 0.1) is 0 Å². The van der Waals surface area contributed by atoms with Crippen LogP contribution in [0.15, 0.2) is 42.5 Å². The number of hydrogen-bond acceptors (Lipinski definition) is 1. The van der Waals surface area contributed by atoms with Crippen molar-refractivity contribution in [2.75, 3.05) is 0 Å². The summed E-state index contributed by atoms with van der Waals surface area (Å²) in [7, 11) is 0. The fraction of sp³-hybridized carbons (Fsp3) is 0.188. The quantitative estimate of drug-likeness (QED) is 0.860. The minimum absolute atomic E-state index is 0.194. The first-order valence-corrected chi connectivity index (χ1v) is 6.65. The van der Waals surface area contributed by atoms with E-state index in [9.17, 15) is 9.90 Å². The average Bonchev–Trinajstić information content (AvgIpc) is 2.92. The summed E-state index contributed by atoms with van der Waals surface area (Å²) in [6, 6.07) is 13.5. The number of benzene rings is 2. The van der Waals surface area contributed by atoms with Crippen molar-refractivity contribution in [1.82, 2.24) is 0 Å². The van der Waals surface area contributed by atoms with E-state index in [2.05, 4.69) is 0 Å². The van der Waals surface area contributed by atoms with Gasteiger partial charge in [-0.3, -0.25) is 4.79 Å². The summed E-state index contributed by atoms with van der Waals surface area (Å²) in [6.45, 7) is 0. The van der Waals surface area contributed by atoms with Gasteiger partial charge in [-0.1, -0.05) is 41.9 Å². The van der Waals surface area contributed by atoms with E-state index in [0.717, 1.165) is 22.3 Å². The minimum atomic E-state index is -0.901. The summed E-state index contributed by atoms with van der Waals surface area (Å²) >= 11 is 6.06. The molecule has 0 saturated heterocycles. The summed E-state index contributed by atoms with van der Waals surface area (Å²) in [5.41, 5.74) is 3.17. The molecule has 2 aromatic rings. The SMILES string of the molecule is O=C(O)C12CC(c3ccccc31)c1ccc(Cl)cc12. The number of rotatable bonds is 1. The highest BCUT2D eigenvalue weighted by molar-refractivity contribution is 6.30. The molecular weight excluding hydrogens is 260 g/mol. The molecule has 2 unspecified atom stereocenters. The molecule has 19 heavy (non-hydrogen) atoms. The molecule has 0 radical (unpaired) electrons. The molecule has 2 nitrogen and oxygen atoms in total. The standard InChI is InChI=1S/C16H11ClO2/c17-9-5-6-11-12-8-16(15(18)19,14(11)7-9)13-4-2-1-3-10(12)13/h1-7,12H,8H2,(H,18,19). The smallest absolute Gasteiger partial charge is 0.318 e. The second-order valence-electron chi connectivity index (χ2n) is 5.29. The maximum Gasteiger partial charge on any atom is 0.318 e. The first-order chi connectivity index (χ1) is 9.14. The molecule has 2 aliphatic carbocycles. The van der Waals surface area contributed by atoms with E-state index in [0.29, 0.717) is 11.4 Å². The van der Waals surface area contributed by atoms with Crippen LogP contribution in [-0.2, 0) is 10.2 Å². The van der Waals surface area contributed by atoms with Crippen molar-refractivity contribution in [3.8, 4) is 0 Å². The van der Waals surface area contributed by atoms with Crippen molar-refractivity contribution in [1.29, 1.82) is 0 Å². The Morgan fingerprint density at radius 2 is 1.89 bits per heavy atom. The number of carbonyl (C=O) groups is 1. The Hall–Kier alpha value is -1.80. The zero-order valence-electron chi connectivity index (χ0n) is 10.1. The fourth-order valence-corrected chi connectivity index (χ4v) is 3.94. The molecule has 4 rings (SSSR count). The van der Waals surface area contributed by atoms with E-state index < -0.39 is 11.4 Å². The first-order valence-electron chi connectivity index (χ1n) is 6.27. The molecule has 0 heterocycles. The van der Waals surface area contributed by atoms with Crippen molar-refractivity contribution >= 4 is 17.6 Å². The molecule has 0 spiro atoms. The normalized spacial score (nSPS) is 26.1. The third-order valence-corrected chi connectivity index (χ3v) is 4.76. The largest absolute Gasteiger partial charge is 0.480 e. The second-order valence-corrected chi connectivity index (χ2v) is 5.72. The highest BCUT2D eigenvalue weighted by atomic mass is 35.5. The molecule has 0 saturated carbocycles. The number of aliphatic carboxylic acids is 1. The maximum atomic E-state index is 12.0. The van der Waals surface area contributed by atoms with Gasteiger partial charge in [0.1, 0.15) is 5.41 Å². The molecule has 2 bridgehead atoms. The van der Waals surface area contributed by atoms with Gasteiger partial charge in [0.2, 0.25) is 0 Å². The van der Waals surface area contributed by atoms with Crippen LogP contribution < -0.4 is 0 Å². The summed E-state index contributed by atoms with van der Waals surface area (Å²) in [4.78, 5) is 12.0. The Morgan fingerprint density at radius 3 is 2.68 bits per heavy atom. The lowest BCUT2D eigenvalue weighted by Crippen LogP contribution is -2.33. The van der Waals surface area contributed by atoms with Crippen LogP contribution in [0.25, 0.3) is 0 Å². The Kier molecular flexibility index (Phi) is 1.98. The lowest BCUT2D eigenvalue weighted by molar-refractivity contribution is -0.141. The monoisotopic (exact) mass is 270 g/mol.